The van der Waals surface area contributed by atoms with Crippen LogP contribution >= 0.6 is 0 Å². The molecule has 1 heterocycles. The van der Waals surface area contributed by atoms with Crippen molar-refractivity contribution < 1.29 is 14.4 Å². The molecule has 1 N–H and O–H groups in total. The zero-order chi connectivity index (χ0) is 14.1. The van der Waals surface area contributed by atoms with Gasteiger partial charge in [-0.25, -0.2) is 4.79 Å². The summed E-state index contributed by atoms with van der Waals surface area (Å²) in [6, 6.07) is 0. The smallest absolute Gasteiger partial charge is 0.341 e. The number of aromatic carboxylic acids is 1. The van der Waals surface area contributed by atoms with Crippen LogP contribution in [0.2, 0.25) is 0 Å². The summed E-state index contributed by atoms with van der Waals surface area (Å²) >= 11 is 0. The average Bonchev–Trinajstić information content (AvgIpc) is 3.08. The highest BCUT2D eigenvalue weighted by Gasteiger charge is 2.34. The van der Waals surface area contributed by atoms with Crippen LogP contribution in [-0.4, -0.2) is 16.2 Å². The summed E-state index contributed by atoms with van der Waals surface area (Å²) in [6.07, 6.45) is 8.81. The van der Waals surface area contributed by atoms with Gasteiger partial charge >= 0.3 is 5.97 Å². The minimum Gasteiger partial charge on any atom is -0.477 e. The molecule has 1 aromatic heterocycles. The summed E-state index contributed by atoms with van der Waals surface area (Å²) < 4.78 is 5.49. The van der Waals surface area contributed by atoms with Crippen LogP contribution in [0.3, 0.4) is 0 Å². The SMILES string of the molecule is CC1CCC(c2noc(C3CCCC3)c2C(=O)O)CC1. The van der Waals surface area contributed by atoms with Crippen molar-refractivity contribution in [2.75, 3.05) is 0 Å². The Balaban J connectivity index is 1.88. The van der Waals surface area contributed by atoms with Crippen LogP contribution in [-0.2, 0) is 0 Å². The zero-order valence-corrected chi connectivity index (χ0v) is 12.1. The largest absolute Gasteiger partial charge is 0.477 e. The highest BCUT2D eigenvalue weighted by atomic mass is 16.5. The lowest BCUT2D eigenvalue weighted by Gasteiger charge is -2.24. The van der Waals surface area contributed by atoms with Gasteiger partial charge in [0.1, 0.15) is 11.3 Å². The Morgan fingerprint density at radius 3 is 2.35 bits per heavy atom. The Labute approximate surface area is 119 Å². The van der Waals surface area contributed by atoms with Crippen LogP contribution in [0.5, 0.6) is 0 Å². The normalized spacial score (nSPS) is 27.9. The molecule has 4 nitrogen and oxygen atoms in total. The molecule has 1 aromatic rings. The first-order valence-corrected chi connectivity index (χ1v) is 7.89. The lowest BCUT2D eigenvalue weighted by atomic mass is 9.80. The Morgan fingerprint density at radius 2 is 1.75 bits per heavy atom. The second-order valence-corrected chi connectivity index (χ2v) is 6.55. The molecule has 0 aromatic carbocycles. The van der Waals surface area contributed by atoms with Crippen molar-refractivity contribution in [3.63, 3.8) is 0 Å². The highest BCUT2D eigenvalue weighted by molar-refractivity contribution is 5.90. The van der Waals surface area contributed by atoms with Gasteiger partial charge in [-0.15, -0.1) is 0 Å². The lowest BCUT2D eigenvalue weighted by Crippen LogP contribution is -2.14. The van der Waals surface area contributed by atoms with Gasteiger partial charge in [-0.05, 0) is 31.6 Å². The number of carboxylic acid groups (broad SMARTS) is 1. The van der Waals surface area contributed by atoms with E-state index >= 15 is 0 Å². The molecule has 2 aliphatic rings. The van der Waals surface area contributed by atoms with E-state index in [0.717, 1.165) is 44.4 Å². The first kappa shape index (κ1) is 13.7. The molecule has 0 amide bonds. The first-order valence-electron chi connectivity index (χ1n) is 7.89. The van der Waals surface area contributed by atoms with Crippen molar-refractivity contribution in [3.8, 4) is 0 Å². The van der Waals surface area contributed by atoms with Crippen molar-refractivity contribution in [1.82, 2.24) is 5.16 Å². The minimum absolute atomic E-state index is 0.268. The molecule has 20 heavy (non-hydrogen) atoms. The maximum absolute atomic E-state index is 11.7. The van der Waals surface area contributed by atoms with Gasteiger partial charge in [-0.3, -0.25) is 0 Å². The molecule has 3 rings (SSSR count). The van der Waals surface area contributed by atoms with E-state index in [1.807, 2.05) is 0 Å². The summed E-state index contributed by atoms with van der Waals surface area (Å²) in [5, 5.41) is 13.8. The second kappa shape index (κ2) is 5.58. The molecule has 2 saturated carbocycles. The van der Waals surface area contributed by atoms with Gasteiger partial charge in [0, 0.05) is 11.8 Å². The van der Waals surface area contributed by atoms with Crippen molar-refractivity contribution in [2.45, 2.75) is 70.1 Å². The highest BCUT2D eigenvalue weighted by Crippen LogP contribution is 2.41. The number of carbonyl (C=O) groups is 1. The monoisotopic (exact) mass is 277 g/mol. The number of hydrogen-bond acceptors (Lipinski definition) is 3. The van der Waals surface area contributed by atoms with E-state index in [1.165, 1.54) is 12.8 Å². The van der Waals surface area contributed by atoms with Crippen LogP contribution in [0.15, 0.2) is 4.52 Å². The second-order valence-electron chi connectivity index (χ2n) is 6.55. The minimum atomic E-state index is -0.859. The number of hydrogen-bond donors (Lipinski definition) is 1. The average molecular weight is 277 g/mol. The van der Waals surface area contributed by atoms with Gasteiger partial charge in [0.05, 0.1) is 0 Å². The molecular weight excluding hydrogens is 254 g/mol. The van der Waals surface area contributed by atoms with E-state index in [2.05, 4.69) is 12.1 Å². The Bertz CT molecular complexity index is 480. The fraction of sp³-hybridized carbons (Fsp3) is 0.750. The summed E-state index contributed by atoms with van der Waals surface area (Å²) in [7, 11) is 0. The fourth-order valence-electron chi connectivity index (χ4n) is 3.81. The molecule has 0 aliphatic heterocycles. The standard InChI is InChI=1S/C16H23NO3/c1-10-6-8-11(9-7-10)14-13(16(18)19)15(20-17-14)12-4-2-3-5-12/h10-12H,2-9H2,1H3,(H,18,19). The molecule has 0 radical (unpaired) electrons. The van der Waals surface area contributed by atoms with Crippen molar-refractivity contribution in [3.05, 3.63) is 17.0 Å². The maximum Gasteiger partial charge on any atom is 0.341 e. The van der Waals surface area contributed by atoms with Crippen molar-refractivity contribution in [2.24, 2.45) is 5.92 Å². The molecule has 2 aliphatic carbocycles. The third-order valence-electron chi connectivity index (χ3n) is 5.09. The summed E-state index contributed by atoms with van der Waals surface area (Å²) in [6.45, 7) is 2.26. The molecule has 0 spiro atoms. The van der Waals surface area contributed by atoms with Crippen LogP contribution in [0.25, 0.3) is 0 Å². The lowest BCUT2D eigenvalue weighted by molar-refractivity contribution is 0.0691. The Morgan fingerprint density at radius 1 is 1.10 bits per heavy atom. The summed E-state index contributed by atoms with van der Waals surface area (Å²) in [4.78, 5) is 11.7. The number of aromatic nitrogens is 1. The van der Waals surface area contributed by atoms with E-state index in [4.69, 9.17) is 4.52 Å². The topological polar surface area (TPSA) is 63.3 Å². The molecule has 110 valence electrons. The molecule has 2 fully saturated rings. The van der Waals surface area contributed by atoms with Gasteiger partial charge in [0.2, 0.25) is 0 Å². The van der Waals surface area contributed by atoms with Gasteiger partial charge in [0.15, 0.2) is 5.76 Å². The summed E-state index contributed by atoms with van der Waals surface area (Å²) in [5.41, 5.74) is 1.10. The van der Waals surface area contributed by atoms with Crippen molar-refractivity contribution in [1.29, 1.82) is 0 Å². The quantitative estimate of drug-likeness (QED) is 0.893. The molecule has 0 bridgehead atoms. The Kier molecular flexibility index (Phi) is 3.81. The van der Waals surface area contributed by atoms with Crippen LogP contribution < -0.4 is 0 Å². The summed E-state index contributed by atoms with van der Waals surface area (Å²) in [5.74, 6) is 1.08. The Hall–Kier alpha value is -1.32. The van der Waals surface area contributed by atoms with E-state index in [0.29, 0.717) is 17.0 Å². The maximum atomic E-state index is 11.7. The molecular formula is C16H23NO3. The predicted octanol–water partition coefficient (Wildman–Crippen LogP) is 4.32. The van der Waals surface area contributed by atoms with Crippen LogP contribution in [0.4, 0.5) is 0 Å². The predicted molar refractivity (Wildman–Crippen MR) is 75.0 cm³/mol. The van der Waals surface area contributed by atoms with Gasteiger partial charge in [0.25, 0.3) is 0 Å². The molecule has 4 heteroatoms. The van der Waals surface area contributed by atoms with Gasteiger partial charge in [-0.2, -0.15) is 0 Å². The van der Waals surface area contributed by atoms with E-state index in [9.17, 15) is 9.90 Å². The molecule has 0 saturated heterocycles. The molecule has 0 unspecified atom stereocenters. The fourth-order valence-corrected chi connectivity index (χ4v) is 3.81. The van der Waals surface area contributed by atoms with E-state index in [-0.39, 0.29) is 11.8 Å². The first-order chi connectivity index (χ1) is 9.66. The third-order valence-corrected chi connectivity index (χ3v) is 5.09. The number of carboxylic acids is 1. The van der Waals surface area contributed by atoms with Gasteiger partial charge in [-0.1, -0.05) is 37.8 Å². The van der Waals surface area contributed by atoms with Crippen molar-refractivity contribution >= 4 is 5.97 Å². The van der Waals surface area contributed by atoms with E-state index in [1.54, 1.807) is 0 Å². The number of rotatable bonds is 3. The zero-order valence-electron chi connectivity index (χ0n) is 12.1. The van der Waals surface area contributed by atoms with E-state index < -0.39 is 5.97 Å². The molecule has 0 atom stereocenters. The van der Waals surface area contributed by atoms with Gasteiger partial charge < -0.3 is 9.63 Å². The van der Waals surface area contributed by atoms with Crippen LogP contribution in [0, 0.1) is 5.92 Å². The third kappa shape index (κ3) is 2.48. The van der Waals surface area contributed by atoms with Crippen LogP contribution in [0.1, 0.15) is 91.9 Å². The number of nitrogens with zero attached hydrogens (tertiary/aromatic N) is 1.